The Bertz CT molecular complexity index is 819. The molecule has 1 aromatic heterocycles. The molecule has 26 heavy (non-hydrogen) atoms. The topological polar surface area (TPSA) is 107 Å². The van der Waals surface area contributed by atoms with E-state index in [9.17, 15) is 14.4 Å². The maximum Gasteiger partial charge on any atom is 0.287 e. The van der Waals surface area contributed by atoms with Crippen LogP contribution in [-0.4, -0.2) is 33.4 Å². The Morgan fingerprint density at radius 3 is 2.35 bits per heavy atom. The van der Waals surface area contributed by atoms with Gasteiger partial charge in [0.05, 0.1) is 11.6 Å². The number of amides is 2. The van der Waals surface area contributed by atoms with Crippen LogP contribution in [0.1, 0.15) is 37.6 Å². The van der Waals surface area contributed by atoms with Crippen LogP contribution in [0.3, 0.4) is 0 Å². The van der Waals surface area contributed by atoms with E-state index in [1.807, 2.05) is 51.1 Å². The van der Waals surface area contributed by atoms with Gasteiger partial charge < -0.3 is 11.1 Å². The lowest BCUT2D eigenvalue weighted by molar-refractivity contribution is -0.137. The monoisotopic (exact) mass is 356 g/mol. The molecule has 0 fully saturated rings. The van der Waals surface area contributed by atoms with Gasteiger partial charge in [-0.2, -0.15) is 5.10 Å². The first kappa shape index (κ1) is 19.4. The van der Waals surface area contributed by atoms with E-state index in [2.05, 4.69) is 10.4 Å². The van der Waals surface area contributed by atoms with Crippen molar-refractivity contribution in [2.24, 2.45) is 18.2 Å². The third-order valence-corrected chi connectivity index (χ3v) is 3.80. The third-order valence-electron chi connectivity index (χ3n) is 3.80. The number of Topliss-reactive ketones (excluding diaryl/α,β-unsaturated/α-hetero) is 1. The summed E-state index contributed by atoms with van der Waals surface area (Å²) in [6.07, 6.45) is 1.88. The number of hydrogen-bond acceptors (Lipinski definition) is 4. The number of nitrogens with two attached hydrogens (primary N) is 1. The average Bonchev–Trinajstić information content (AvgIpc) is 2.95. The summed E-state index contributed by atoms with van der Waals surface area (Å²) in [5, 5.41) is 6.99. The van der Waals surface area contributed by atoms with E-state index < -0.39 is 23.6 Å². The predicted octanol–water partition coefficient (Wildman–Crippen LogP) is 1.68. The number of hydrogen-bond donors (Lipinski definition) is 2. The molecule has 0 saturated carbocycles. The van der Waals surface area contributed by atoms with Crippen LogP contribution in [0.4, 0.5) is 0 Å². The third kappa shape index (κ3) is 4.78. The number of nitrogens with zero attached hydrogens (tertiary/aromatic N) is 2. The number of ketones is 1. The lowest BCUT2D eigenvalue weighted by Crippen LogP contribution is -2.47. The van der Waals surface area contributed by atoms with Gasteiger partial charge in [0, 0.05) is 18.8 Å². The molecule has 2 aromatic rings. The first-order chi connectivity index (χ1) is 12.1. The smallest absolute Gasteiger partial charge is 0.287 e. The van der Waals surface area contributed by atoms with Gasteiger partial charge in [-0.3, -0.25) is 19.1 Å². The molecule has 0 bridgehead atoms. The molecule has 0 aliphatic rings. The molecule has 138 valence electrons. The second kappa shape index (κ2) is 7.51. The minimum Gasteiger partial charge on any atom is -0.363 e. The van der Waals surface area contributed by atoms with Gasteiger partial charge in [0.15, 0.2) is 0 Å². The maximum absolute atomic E-state index is 12.8. The van der Waals surface area contributed by atoms with Gasteiger partial charge >= 0.3 is 0 Å². The minimum absolute atomic E-state index is 0.278. The van der Waals surface area contributed by atoms with Crippen LogP contribution in [0.15, 0.2) is 36.5 Å². The van der Waals surface area contributed by atoms with E-state index in [-0.39, 0.29) is 5.41 Å². The van der Waals surface area contributed by atoms with Gasteiger partial charge in [0.2, 0.25) is 5.78 Å². The van der Waals surface area contributed by atoms with Crippen molar-refractivity contribution >= 4 is 17.6 Å². The highest BCUT2D eigenvalue weighted by Crippen LogP contribution is 2.24. The van der Waals surface area contributed by atoms with Crippen molar-refractivity contribution in [1.82, 2.24) is 15.1 Å². The molecule has 0 spiro atoms. The average molecular weight is 356 g/mol. The van der Waals surface area contributed by atoms with Crippen LogP contribution in [0.25, 0.3) is 11.3 Å². The summed E-state index contributed by atoms with van der Waals surface area (Å²) in [5.41, 5.74) is 6.48. The number of rotatable bonds is 6. The summed E-state index contributed by atoms with van der Waals surface area (Å²) < 4.78 is 1.53. The van der Waals surface area contributed by atoms with Gasteiger partial charge in [-0.15, -0.1) is 0 Å². The Kier molecular flexibility index (Phi) is 5.59. The molecule has 0 unspecified atom stereocenters. The molecule has 2 rings (SSSR count). The van der Waals surface area contributed by atoms with Crippen LogP contribution in [-0.2, 0) is 16.6 Å². The number of aryl methyl sites for hydroxylation is 1. The molecule has 2 amide bonds. The Hall–Kier alpha value is -2.96. The fourth-order valence-corrected chi connectivity index (χ4v) is 2.69. The van der Waals surface area contributed by atoms with Crippen molar-refractivity contribution in [3.05, 3.63) is 42.1 Å². The van der Waals surface area contributed by atoms with E-state index in [1.54, 1.807) is 13.2 Å². The first-order valence-corrected chi connectivity index (χ1v) is 8.32. The lowest BCUT2D eigenvalue weighted by Gasteiger charge is -2.25. The Balaban J connectivity index is 2.33. The summed E-state index contributed by atoms with van der Waals surface area (Å²) in [7, 11) is 1.71. The molecular weight excluding hydrogens is 332 g/mol. The minimum atomic E-state index is -1.06. The van der Waals surface area contributed by atoms with Crippen molar-refractivity contribution in [3.63, 3.8) is 0 Å². The zero-order chi connectivity index (χ0) is 19.5. The summed E-state index contributed by atoms with van der Waals surface area (Å²) >= 11 is 0. The van der Waals surface area contributed by atoms with Gasteiger partial charge in [0.25, 0.3) is 11.8 Å². The number of carbonyl (C=O) groups excluding carboxylic acids is 3. The number of benzene rings is 1. The Morgan fingerprint density at radius 2 is 1.81 bits per heavy atom. The van der Waals surface area contributed by atoms with Gasteiger partial charge in [0.1, 0.15) is 5.69 Å². The van der Waals surface area contributed by atoms with Crippen molar-refractivity contribution in [2.75, 3.05) is 0 Å². The quantitative estimate of drug-likeness (QED) is 0.768. The molecule has 7 heteroatoms. The standard InChI is InChI=1S/C19H24N4O3/c1-19(2,3)10-14(16(24)17(20)25)21-18(26)13-11-23(4)22-15(13)12-8-6-5-7-9-12/h5-9,11,14H,10H2,1-4H3,(H2,20,25)(H,21,26)/t14-/m0/s1. The summed E-state index contributed by atoms with van der Waals surface area (Å²) in [4.78, 5) is 36.3. The summed E-state index contributed by atoms with van der Waals surface area (Å²) in [5.74, 6) is -2.34. The zero-order valence-corrected chi connectivity index (χ0v) is 15.4. The molecule has 3 N–H and O–H groups in total. The normalized spacial score (nSPS) is 12.5. The fraction of sp³-hybridized carbons (Fsp3) is 0.368. The van der Waals surface area contributed by atoms with Crippen molar-refractivity contribution in [3.8, 4) is 11.3 Å². The first-order valence-electron chi connectivity index (χ1n) is 8.32. The predicted molar refractivity (Wildman–Crippen MR) is 98.2 cm³/mol. The SMILES string of the molecule is Cn1cc(C(=O)N[C@@H](CC(C)(C)C)C(=O)C(N)=O)c(-c2ccccc2)n1. The highest BCUT2D eigenvalue weighted by atomic mass is 16.2. The molecule has 1 atom stereocenters. The van der Waals surface area contributed by atoms with Gasteiger partial charge in [-0.1, -0.05) is 51.1 Å². The number of aromatic nitrogens is 2. The molecule has 1 heterocycles. The van der Waals surface area contributed by atoms with Crippen LogP contribution in [0.5, 0.6) is 0 Å². The van der Waals surface area contributed by atoms with E-state index in [0.29, 0.717) is 17.7 Å². The molecule has 0 saturated heterocycles. The van der Waals surface area contributed by atoms with Crippen LogP contribution < -0.4 is 11.1 Å². The largest absolute Gasteiger partial charge is 0.363 e. The van der Waals surface area contributed by atoms with Gasteiger partial charge in [-0.25, -0.2) is 0 Å². The van der Waals surface area contributed by atoms with Crippen LogP contribution in [0, 0.1) is 5.41 Å². The molecular formula is C19H24N4O3. The molecule has 0 aliphatic carbocycles. The molecule has 1 aromatic carbocycles. The van der Waals surface area contributed by atoms with Crippen LogP contribution in [0.2, 0.25) is 0 Å². The zero-order valence-electron chi connectivity index (χ0n) is 15.4. The van der Waals surface area contributed by atoms with E-state index in [0.717, 1.165) is 5.56 Å². The second-order valence-electron chi connectivity index (χ2n) is 7.45. The summed E-state index contributed by atoms with van der Waals surface area (Å²) in [6.45, 7) is 5.75. The molecule has 7 nitrogen and oxygen atoms in total. The lowest BCUT2D eigenvalue weighted by atomic mass is 9.86. The van der Waals surface area contributed by atoms with Gasteiger partial charge in [-0.05, 0) is 11.8 Å². The molecule has 0 aliphatic heterocycles. The fourth-order valence-electron chi connectivity index (χ4n) is 2.69. The van der Waals surface area contributed by atoms with E-state index in [1.165, 1.54) is 4.68 Å². The Labute approximate surface area is 152 Å². The number of primary amides is 1. The van der Waals surface area contributed by atoms with E-state index in [4.69, 9.17) is 5.73 Å². The van der Waals surface area contributed by atoms with Crippen molar-refractivity contribution in [2.45, 2.75) is 33.2 Å². The van der Waals surface area contributed by atoms with Crippen molar-refractivity contribution in [1.29, 1.82) is 0 Å². The number of carbonyl (C=O) groups is 3. The van der Waals surface area contributed by atoms with Crippen molar-refractivity contribution < 1.29 is 14.4 Å². The highest BCUT2D eigenvalue weighted by molar-refractivity contribution is 6.38. The highest BCUT2D eigenvalue weighted by Gasteiger charge is 2.30. The maximum atomic E-state index is 12.8. The Morgan fingerprint density at radius 1 is 1.19 bits per heavy atom. The molecule has 0 radical (unpaired) electrons. The summed E-state index contributed by atoms with van der Waals surface area (Å²) in [6, 6.07) is 8.29. The number of nitrogens with one attached hydrogen (secondary N) is 1. The van der Waals surface area contributed by atoms with Crippen LogP contribution >= 0.6 is 0 Å². The second-order valence-corrected chi connectivity index (χ2v) is 7.45. The van der Waals surface area contributed by atoms with E-state index >= 15 is 0 Å².